The van der Waals surface area contributed by atoms with Crippen LogP contribution in [0.4, 0.5) is 4.79 Å². The molecule has 1 atom stereocenters. The van der Waals surface area contributed by atoms with Crippen molar-refractivity contribution in [2.45, 2.75) is 59.5 Å². The fourth-order valence-corrected chi connectivity index (χ4v) is 3.30. The maximum Gasteiger partial charge on any atom is 0.408 e. The van der Waals surface area contributed by atoms with E-state index in [1.54, 1.807) is 26.0 Å². The Morgan fingerprint density at radius 2 is 1.91 bits per heavy atom. The van der Waals surface area contributed by atoms with Crippen molar-refractivity contribution in [1.82, 2.24) is 5.32 Å². The van der Waals surface area contributed by atoms with E-state index < -0.39 is 28.8 Å². The molecule has 3 N–H and O–H groups in total. The van der Waals surface area contributed by atoms with Gasteiger partial charge in [0.05, 0.1) is 6.10 Å². The zero-order chi connectivity index (χ0) is 25.4. The van der Waals surface area contributed by atoms with Gasteiger partial charge in [-0.25, -0.2) is 9.59 Å². The number of hydrogen-bond donors (Lipinski definition) is 3. The molecule has 1 aromatic carbocycles. The Balaban J connectivity index is 2.19. The van der Waals surface area contributed by atoms with E-state index in [0.717, 1.165) is 16.9 Å². The van der Waals surface area contributed by atoms with Gasteiger partial charge in [-0.05, 0) is 75.4 Å². The van der Waals surface area contributed by atoms with Gasteiger partial charge in [0, 0.05) is 18.2 Å². The molecule has 0 aliphatic heterocycles. The van der Waals surface area contributed by atoms with E-state index in [1.165, 1.54) is 12.3 Å². The summed E-state index contributed by atoms with van der Waals surface area (Å²) in [6, 6.07) is 6.80. The maximum absolute atomic E-state index is 12.9. The number of benzene rings is 1. The molecule has 1 unspecified atom stereocenters. The van der Waals surface area contributed by atoms with Crippen LogP contribution in [0, 0.1) is 6.92 Å². The van der Waals surface area contributed by atoms with Gasteiger partial charge in [-0.3, -0.25) is 10.1 Å². The van der Waals surface area contributed by atoms with Crippen LogP contribution in [-0.2, 0) is 0 Å². The third-order valence-electron chi connectivity index (χ3n) is 5.10. The van der Waals surface area contributed by atoms with E-state index in [2.05, 4.69) is 5.32 Å². The molecule has 0 saturated carbocycles. The number of hydrogen-bond acceptors (Lipinski definition) is 6. The van der Waals surface area contributed by atoms with Gasteiger partial charge in [0.15, 0.2) is 5.78 Å². The monoisotopic (exact) mass is 469 g/mol. The number of allylic oxidation sites excluding steroid dienone is 2. The molecular weight excluding hydrogens is 438 g/mol. The molecule has 182 valence electrons. The van der Waals surface area contributed by atoms with Crippen molar-refractivity contribution < 1.29 is 29.0 Å². The highest BCUT2D eigenvalue weighted by molar-refractivity contribution is 6.12. The average molecular weight is 470 g/mol. The second-order valence-corrected chi connectivity index (χ2v) is 8.37. The highest BCUT2D eigenvalue weighted by Crippen LogP contribution is 2.27. The van der Waals surface area contributed by atoms with Gasteiger partial charge in [-0.15, -0.1) is 0 Å². The normalized spacial score (nSPS) is 12.7. The summed E-state index contributed by atoms with van der Waals surface area (Å²) in [5, 5.41) is 21.1. The van der Waals surface area contributed by atoms with Crippen molar-refractivity contribution in [3.63, 3.8) is 0 Å². The number of aryl methyl sites for hydroxylation is 1. The zero-order valence-electron chi connectivity index (χ0n) is 20.0. The van der Waals surface area contributed by atoms with E-state index in [4.69, 9.17) is 14.3 Å². The second-order valence-electron chi connectivity index (χ2n) is 8.37. The van der Waals surface area contributed by atoms with Crippen molar-refractivity contribution >= 4 is 18.0 Å². The number of carboxylic acid groups (broad SMARTS) is 1. The Morgan fingerprint density at radius 3 is 2.50 bits per heavy atom. The Bertz CT molecular complexity index is 1160. The molecular formula is C26H31NO7. The van der Waals surface area contributed by atoms with Gasteiger partial charge in [-0.2, -0.15) is 0 Å². The van der Waals surface area contributed by atoms with E-state index in [9.17, 15) is 19.5 Å². The number of nitrogens with one attached hydrogen (secondary N) is 1. The van der Waals surface area contributed by atoms with Crippen LogP contribution in [0.25, 0.3) is 6.08 Å². The molecule has 0 saturated heterocycles. The van der Waals surface area contributed by atoms with Crippen molar-refractivity contribution in [3.05, 3.63) is 75.0 Å². The van der Waals surface area contributed by atoms with Crippen molar-refractivity contribution in [1.29, 1.82) is 0 Å². The van der Waals surface area contributed by atoms with Crippen LogP contribution in [0.2, 0.25) is 0 Å². The zero-order valence-corrected chi connectivity index (χ0v) is 20.0. The smallest absolute Gasteiger partial charge is 0.408 e. The number of Topliss-reactive ketones (excluding diaryl/α,β-unsaturated/α-hetero) is 1. The van der Waals surface area contributed by atoms with E-state index in [0.29, 0.717) is 12.8 Å². The number of rotatable bonds is 10. The Kier molecular flexibility index (Phi) is 9.24. The molecule has 0 spiro atoms. The first-order valence-corrected chi connectivity index (χ1v) is 11.0. The quantitative estimate of drug-likeness (QED) is 0.314. The Labute approximate surface area is 198 Å². The summed E-state index contributed by atoms with van der Waals surface area (Å²) in [6.45, 7) is 9.15. The van der Waals surface area contributed by atoms with Gasteiger partial charge in [-0.1, -0.05) is 19.1 Å². The molecule has 0 bridgehead atoms. The first-order valence-electron chi connectivity index (χ1n) is 11.0. The standard InChI is InChI=1S/C26H31NO7/c1-15(2)33-20-10-9-19(17(4)13-20)12-18(5)24(29)23-21(28)14-22(34-25(23)30)16(3)8-6-7-11-27-26(31)32/h7,9-16,27-28H,6,8H2,1-5H3,(H,31,32)/b11-7+,18-12?. The van der Waals surface area contributed by atoms with Crippen LogP contribution in [0.1, 0.15) is 73.7 Å². The molecule has 1 aromatic heterocycles. The molecule has 1 amide bonds. The molecule has 0 radical (unpaired) electrons. The minimum Gasteiger partial charge on any atom is -0.507 e. The number of aromatic hydroxyl groups is 1. The fraction of sp³-hybridized carbons (Fsp3) is 0.346. The van der Waals surface area contributed by atoms with Crippen LogP contribution in [-0.4, -0.2) is 28.2 Å². The third kappa shape index (κ3) is 7.37. The molecule has 0 aliphatic rings. The Hall–Kier alpha value is -3.81. The topological polar surface area (TPSA) is 126 Å². The van der Waals surface area contributed by atoms with Crippen molar-refractivity contribution in [3.8, 4) is 11.5 Å². The molecule has 2 rings (SSSR count). The van der Waals surface area contributed by atoms with Gasteiger partial charge in [0.2, 0.25) is 0 Å². The summed E-state index contributed by atoms with van der Waals surface area (Å²) < 4.78 is 11.0. The Morgan fingerprint density at radius 1 is 1.21 bits per heavy atom. The molecule has 8 heteroatoms. The average Bonchev–Trinajstić information content (AvgIpc) is 2.73. The number of amides is 1. The first kappa shape index (κ1) is 26.4. The number of carbonyl (C=O) groups excluding carboxylic acids is 1. The fourth-order valence-electron chi connectivity index (χ4n) is 3.30. The first-order chi connectivity index (χ1) is 16.0. The summed E-state index contributed by atoms with van der Waals surface area (Å²) in [4.78, 5) is 35.9. The lowest BCUT2D eigenvalue weighted by Crippen LogP contribution is -2.16. The number of ketones is 1. The summed E-state index contributed by atoms with van der Waals surface area (Å²) in [5.41, 5.74) is 0.660. The summed E-state index contributed by atoms with van der Waals surface area (Å²) in [7, 11) is 0. The van der Waals surface area contributed by atoms with Gasteiger partial charge >= 0.3 is 11.7 Å². The molecule has 0 aliphatic carbocycles. The van der Waals surface area contributed by atoms with Crippen molar-refractivity contribution in [2.24, 2.45) is 0 Å². The SMILES string of the molecule is CC(=Cc1ccc(OC(C)C)cc1C)C(=O)c1c(O)cc(C(C)CC/C=C/NC(=O)O)oc1=O. The van der Waals surface area contributed by atoms with Crippen LogP contribution in [0.5, 0.6) is 11.5 Å². The molecule has 0 fully saturated rings. The van der Waals surface area contributed by atoms with Gasteiger partial charge in [0.25, 0.3) is 0 Å². The predicted molar refractivity (Wildman–Crippen MR) is 130 cm³/mol. The van der Waals surface area contributed by atoms with E-state index >= 15 is 0 Å². The minimum atomic E-state index is -1.16. The summed E-state index contributed by atoms with van der Waals surface area (Å²) in [6.07, 6.45) is 4.56. The molecule has 34 heavy (non-hydrogen) atoms. The second kappa shape index (κ2) is 11.9. The predicted octanol–water partition coefficient (Wildman–Crippen LogP) is 5.39. The summed E-state index contributed by atoms with van der Waals surface area (Å²) in [5.74, 6) is -0.309. The van der Waals surface area contributed by atoms with Crippen LogP contribution >= 0.6 is 0 Å². The summed E-state index contributed by atoms with van der Waals surface area (Å²) >= 11 is 0. The van der Waals surface area contributed by atoms with Crippen molar-refractivity contribution in [2.75, 3.05) is 0 Å². The van der Waals surface area contributed by atoms with Crippen LogP contribution < -0.4 is 15.7 Å². The largest absolute Gasteiger partial charge is 0.507 e. The third-order valence-corrected chi connectivity index (χ3v) is 5.10. The van der Waals surface area contributed by atoms with E-state index in [1.807, 2.05) is 39.0 Å². The lowest BCUT2D eigenvalue weighted by atomic mass is 9.98. The maximum atomic E-state index is 12.9. The highest BCUT2D eigenvalue weighted by Gasteiger charge is 2.22. The van der Waals surface area contributed by atoms with Gasteiger partial charge in [0.1, 0.15) is 22.8 Å². The van der Waals surface area contributed by atoms with E-state index in [-0.39, 0.29) is 23.4 Å². The minimum absolute atomic E-state index is 0.0439. The highest BCUT2D eigenvalue weighted by atomic mass is 16.5. The van der Waals surface area contributed by atoms with Crippen LogP contribution in [0.3, 0.4) is 0 Å². The van der Waals surface area contributed by atoms with Crippen LogP contribution in [0.15, 0.2) is 51.3 Å². The van der Waals surface area contributed by atoms with Gasteiger partial charge < -0.3 is 19.4 Å². The molecule has 2 aromatic rings. The lowest BCUT2D eigenvalue weighted by molar-refractivity contribution is 0.102. The number of carbonyl (C=O) groups is 2. The molecule has 1 heterocycles. The lowest BCUT2D eigenvalue weighted by Gasteiger charge is -2.12. The molecule has 8 nitrogen and oxygen atoms in total. The number of ether oxygens (including phenoxy) is 1.